The maximum Gasteiger partial charge on any atom is 0.0456 e. The summed E-state index contributed by atoms with van der Waals surface area (Å²) in [6.45, 7) is 0. The van der Waals surface area contributed by atoms with E-state index < -0.39 is 0 Å². The highest BCUT2D eigenvalue weighted by Gasteiger charge is 1.84. The van der Waals surface area contributed by atoms with Crippen LogP contribution in [0, 0.1) is 0 Å². The third-order valence-corrected chi connectivity index (χ3v) is 1.77. The Morgan fingerprint density at radius 3 is 2.30 bits per heavy atom. The third kappa shape index (κ3) is 3.17. The van der Waals surface area contributed by atoms with Crippen molar-refractivity contribution in [2.75, 3.05) is 7.11 Å². The van der Waals surface area contributed by atoms with Gasteiger partial charge in [0.25, 0.3) is 0 Å². The van der Waals surface area contributed by atoms with Gasteiger partial charge < -0.3 is 4.52 Å². The lowest BCUT2D eigenvalue weighted by Gasteiger charge is -1.94. The van der Waals surface area contributed by atoms with Crippen LogP contribution in [0.4, 0.5) is 0 Å². The molecule has 0 aromatic heterocycles. The fourth-order valence-electron chi connectivity index (χ4n) is 0.624. The van der Waals surface area contributed by atoms with Gasteiger partial charge in [0.15, 0.2) is 0 Å². The second-order valence-corrected chi connectivity index (χ2v) is 2.86. The third-order valence-electron chi connectivity index (χ3n) is 0.994. The minimum atomic E-state index is 0. The molecule has 1 rings (SSSR count). The van der Waals surface area contributed by atoms with Crippen molar-refractivity contribution >= 4 is 26.5 Å². The second-order valence-electron chi connectivity index (χ2n) is 1.67. The maximum absolute atomic E-state index is 4.96. The van der Waals surface area contributed by atoms with Crippen LogP contribution in [-0.2, 0) is 4.52 Å². The molecule has 56 valence electrons. The summed E-state index contributed by atoms with van der Waals surface area (Å²) in [4.78, 5) is 0. The first-order valence-electron chi connectivity index (χ1n) is 2.77. The van der Waals surface area contributed by atoms with Crippen LogP contribution in [0.2, 0.25) is 0 Å². The van der Waals surface area contributed by atoms with Gasteiger partial charge in [0.1, 0.15) is 0 Å². The van der Waals surface area contributed by atoms with Crippen molar-refractivity contribution in [2.24, 2.45) is 0 Å². The Labute approximate surface area is 69.1 Å². The van der Waals surface area contributed by atoms with Crippen molar-refractivity contribution in [1.29, 1.82) is 0 Å². The minimum Gasteiger partial charge on any atom is -0.361 e. The van der Waals surface area contributed by atoms with E-state index in [9.17, 15) is 0 Å². The Morgan fingerprint density at radius 2 is 1.80 bits per heavy atom. The molecule has 0 aliphatic rings. The average molecular weight is 177 g/mol. The molecule has 0 spiro atoms. The summed E-state index contributed by atoms with van der Waals surface area (Å²) >= 11 is 0. The molecular formula is C7H10ClOP. The molecule has 0 amide bonds. The molecular weight excluding hydrogens is 167 g/mol. The first-order chi connectivity index (χ1) is 4.43. The monoisotopic (exact) mass is 176 g/mol. The first kappa shape index (κ1) is 9.90. The molecule has 0 saturated heterocycles. The molecule has 1 aromatic rings. The molecule has 0 aliphatic heterocycles. The van der Waals surface area contributed by atoms with Crippen LogP contribution in [0.5, 0.6) is 0 Å². The van der Waals surface area contributed by atoms with E-state index in [4.69, 9.17) is 4.52 Å². The summed E-state index contributed by atoms with van der Waals surface area (Å²) in [5, 5.41) is 1.25. The topological polar surface area (TPSA) is 9.23 Å². The molecule has 3 heteroatoms. The fourth-order valence-corrected chi connectivity index (χ4v) is 1.19. The van der Waals surface area contributed by atoms with Crippen LogP contribution < -0.4 is 5.30 Å². The highest BCUT2D eigenvalue weighted by Crippen LogP contribution is 2.07. The zero-order chi connectivity index (χ0) is 6.53. The van der Waals surface area contributed by atoms with E-state index in [1.54, 1.807) is 7.11 Å². The lowest BCUT2D eigenvalue weighted by Crippen LogP contribution is -1.90. The van der Waals surface area contributed by atoms with Gasteiger partial charge >= 0.3 is 0 Å². The van der Waals surface area contributed by atoms with Crippen molar-refractivity contribution in [3.63, 3.8) is 0 Å². The summed E-state index contributed by atoms with van der Waals surface area (Å²) in [6.07, 6.45) is 0. The maximum atomic E-state index is 4.96. The van der Waals surface area contributed by atoms with Crippen molar-refractivity contribution in [3.05, 3.63) is 30.3 Å². The van der Waals surface area contributed by atoms with Gasteiger partial charge in [-0.2, -0.15) is 0 Å². The minimum absolute atomic E-state index is 0. The van der Waals surface area contributed by atoms with Gasteiger partial charge in [-0.15, -0.1) is 12.4 Å². The Morgan fingerprint density at radius 1 is 1.20 bits per heavy atom. The second kappa shape index (κ2) is 5.67. The predicted octanol–water partition coefficient (Wildman–Crippen LogP) is 1.97. The molecule has 0 heterocycles. The van der Waals surface area contributed by atoms with Gasteiger partial charge in [0.05, 0.1) is 0 Å². The van der Waals surface area contributed by atoms with Crippen molar-refractivity contribution in [2.45, 2.75) is 0 Å². The zero-order valence-corrected chi connectivity index (χ0v) is 7.52. The SMILES string of the molecule is COPc1ccccc1.Cl. The van der Waals surface area contributed by atoms with Crippen molar-refractivity contribution in [3.8, 4) is 0 Å². The highest BCUT2D eigenvalue weighted by atomic mass is 35.5. The van der Waals surface area contributed by atoms with Gasteiger partial charge in [-0.05, 0) is 5.30 Å². The van der Waals surface area contributed by atoms with E-state index in [0.29, 0.717) is 8.81 Å². The summed E-state index contributed by atoms with van der Waals surface area (Å²) in [5.41, 5.74) is 0. The Bertz CT molecular complexity index is 167. The van der Waals surface area contributed by atoms with Crippen LogP contribution in [-0.4, -0.2) is 7.11 Å². The summed E-state index contributed by atoms with van der Waals surface area (Å²) in [5.74, 6) is 0. The van der Waals surface area contributed by atoms with Gasteiger partial charge in [0.2, 0.25) is 0 Å². The molecule has 0 saturated carbocycles. The first-order valence-corrected chi connectivity index (χ1v) is 3.68. The predicted molar refractivity (Wildman–Crippen MR) is 48.6 cm³/mol. The summed E-state index contributed by atoms with van der Waals surface area (Å²) in [7, 11) is 2.20. The van der Waals surface area contributed by atoms with Crippen LogP contribution in [0.25, 0.3) is 0 Å². The average Bonchev–Trinajstić information content (AvgIpc) is 1.91. The van der Waals surface area contributed by atoms with Gasteiger partial charge in [0, 0.05) is 15.9 Å². The standard InChI is InChI=1S/C7H9OP.ClH/c1-8-9-7-5-3-2-4-6-7;/h2-6,9H,1H3;1H. The summed E-state index contributed by atoms with van der Waals surface area (Å²) < 4.78 is 4.96. The van der Waals surface area contributed by atoms with E-state index in [1.807, 2.05) is 18.2 Å². The number of halogens is 1. The van der Waals surface area contributed by atoms with E-state index in [-0.39, 0.29) is 12.4 Å². The fraction of sp³-hybridized carbons (Fsp3) is 0.143. The van der Waals surface area contributed by atoms with E-state index in [0.717, 1.165) is 0 Å². The van der Waals surface area contributed by atoms with E-state index >= 15 is 0 Å². The van der Waals surface area contributed by atoms with Gasteiger partial charge in [-0.3, -0.25) is 0 Å². The molecule has 1 aromatic carbocycles. The largest absolute Gasteiger partial charge is 0.361 e. The van der Waals surface area contributed by atoms with E-state index in [2.05, 4.69) is 12.1 Å². The Balaban J connectivity index is 0.000000810. The smallest absolute Gasteiger partial charge is 0.0456 e. The van der Waals surface area contributed by atoms with Crippen molar-refractivity contribution in [1.82, 2.24) is 0 Å². The number of rotatable bonds is 2. The zero-order valence-electron chi connectivity index (χ0n) is 5.70. The molecule has 0 fully saturated rings. The van der Waals surface area contributed by atoms with E-state index in [1.165, 1.54) is 5.30 Å². The molecule has 0 bridgehead atoms. The quantitative estimate of drug-likeness (QED) is 0.626. The molecule has 1 unspecified atom stereocenters. The van der Waals surface area contributed by atoms with Crippen LogP contribution in [0.15, 0.2) is 30.3 Å². The van der Waals surface area contributed by atoms with Crippen LogP contribution in [0.3, 0.4) is 0 Å². The normalized spacial score (nSPS) is 9.70. The molecule has 0 radical (unpaired) electrons. The van der Waals surface area contributed by atoms with Crippen LogP contribution >= 0.6 is 21.2 Å². The number of benzene rings is 1. The summed E-state index contributed by atoms with van der Waals surface area (Å²) in [6, 6.07) is 10.1. The Hall–Kier alpha value is -0.100. The Kier molecular flexibility index (Phi) is 5.61. The highest BCUT2D eigenvalue weighted by molar-refractivity contribution is 7.41. The number of hydrogen-bond donors (Lipinski definition) is 0. The van der Waals surface area contributed by atoms with Crippen molar-refractivity contribution < 1.29 is 4.52 Å². The lowest BCUT2D eigenvalue weighted by molar-refractivity contribution is 0.481. The van der Waals surface area contributed by atoms with Gasteiger partial charge in [-0.25, -0.2) is 0 Å². The molecule has 10 heavy (non-hydrogen) atoms. The van der Waals surface area contributed by atoms with Crippen LogP contribution in [0.1, 0.15) is 0 Å². The molecule has 1 nitrogen and oxygen atoms in total. The lowest BCUT2D eigenvalue weighted by atomic mass is 10.4. The van der Waals surface area contributed by atoms with Gasteiger partial charge in [-0.1, -0.05) is 30.3 Å². The molecule has 0 aliphatic carbocycles. The number of hydrogen-bond acceptors (Lipinski definition) is 1. The molecule has 1 atom stereocenters. The molecule has 0 N–H and O–H groups in total.